The third-order valence-corrected chi connectivity index (χ3v) is 6.26. The summed E-state index contributed by atoms with van der Waals surface area (Å²) in [7, 11) is 0. The van der Waals surface area contributed by atoms with Crippen molar-refractivity contribution < 1.29 is 0 Å². The standard InChI is InChI=1S/C12H10Br3NS/c13-8-3-1-2-7(4-8)5-10(16)11-6-9(14)12(15)17-11/h1-4,6,10H,5,16H2. The predicted molar refractivity (Wildman–Crippen MR) is 84.5 cm³/mol. The van der Waals surface area contributed by atoms with Crippen LogP contribution in [-0.4, -0.2) is 0 Å². The highest BCUT2D eigenvalue weighted by atomic mass is 79.9. The zero-order valence-electron chi connectivity index (χ0n) is 8.79. The zero-order valence-corrected chi connectivity index (χ0v) is 14.4. The Labute approximate surface area is 130 Å². The maximum absolute atomic E-state index is 6.21. The van der Waals surface area contributed by atoms with E-state index in [2.05, 4.69) is 66.0 Å². The zero-order chi connectivity index (χ0) is 12.4. The molecule has 2 aromatic rings. The first-order valence-electron chi connectivity index (χ1n) is 5.01. The molecule has 0 bridgehead atoms. The van der Waals surface area contributed by atoms with Crippen molar-refractivity contribution in [2.75, 3.05) is 0 Å². The maximum Gasteiger partial charge on any atom is 0.0843 e. The van der Waals surface area contributed by atoms with E-state index in [4.69, 9.17) is 5.73 Å². The van der Waals surface area contributed by atoms with Gasteiger partial charge in [0.2, 0.25) is 0 Å². The van der Waals surface area contributed by atoms with Gasteiger partial charge in [0.25, 0.3) is 0 Å². The average molecular weight is 440 g/mol. The van der Waals surface area contributed by atoms with Crippen LogP contribution >= 0.6 is 59.1 Å². The number of rotatable bonds is 3. The fourth-order valence-corrected chi connectivity index (χ4v) is 4.10. The molecule has 1 nitrogen and oxygen atoms in total. The fraction of sp³-hybridized carbons (Fsp3) is 0.167. The predicted octanol–water partition coefficient (Wildman–Crippen LogP) is 5.28. The van der Waals surface area contributed by atoms with Crippen LogP contribution in [0.25, 0.3) is 0 Å². The number of halogens is 3. The lowest BCUT2D eigenvalue weighted by molar-refractivity contribution is 0.736. The van der Waals surface area contributed by atoms with Gasteiger partial charge in [-0.05, 0) is 62.0 Å². The minimum Gasteiger partial charge on any atom is -0.323 e. The van der Waals surface area contributed by atoms with Crippen LogP contribution in [0.15, 0.2) is 43.1 Å². The van der Waals surface area contributed by atoms with E-state index in [9.17, 15) is 0 Å². The molecule has 5 heteroatoms. The summed E-state index contributed by atoms with van der Waals surface area (Å²) >= 11 is 12.1. The van der Waals surface area contributed by atoms with E-state index >= 15 is 0 Å². The molecule has 1 heterocycles. The molecule has 1 unspecified atom stereocenters. The summed E-state index contributed by atoms with van der Waals surface area (Å²) in [6.45, 7) is 0. The quantitative estimate of drug-likeness (QED) is 0.691. The van der Waals surface area contributed by atoms with Crippen LogP contribution in [0.1, 0.15) is 16.5 Å². The van der Waals surface area contributed by atoms with Gasteiger partial charge in [0, 0.05) is 19.9 Å². The summed E-state index contributed by atoms with van der Waals surface area (Å²) in [6.07, 6.45) is 0.846. The van der Waals surface area contributed by atoms with Gasteiger partial charge in [-0.2, -0.15) is 0 Å². The molecule has 0 radical (unpaired) electrons. The van der Waals surface area contributed by atoms with Gasteiger partial charge in [-0.15, -0.1) is 11.3 Å². The molecule has 0 fully saturated rings. The van der Waals surface area contributed by atoms with Gasteiger partial charge in [-0.25, -0.2) is 0 Å². The van der Waals surface area contributed by atoms with Crippen molar-refractivity contribution >= 4 is 59.1 Å². The topological polar surface area (TPSA) is 26.0 Å². The number of hydrogen-bond acceptors (Lipinski definition) is 2. The second-order valence-electron chi connectivity index (χ2n) is 3.71. The highest BCUT2D eigenvalue weighted by Crippen LogP contribution is 2.35. The molecule has 0 saturated heterocycles. The highest BCUT2D eigenvalue weighted by molar-refractivity contribution is 9.13. The Morgan fingerprint density at radius 3 is 2.53 bits per heavy atom. The molecule has 1 aromatic carbocycles. The van der Waals surface area contributed by atoms with Crippen molar-refractivity contribution in [1.82, 2.24) is 0 Å². The van der Waals surface area contributed by atoms with E-state index in [1.54, 1.807) is 11.3 Å². The van der Waals surface area contributed by atoms with Crippen LogP contribution in [0.3, 0.4) is 0 Å². The summed E-state index contributed by atoms with van der Waals surface area (Å²) in [4.78, 5) is 1.18. The minimum atomic E-state index is 0.0388. The van der Waals surface area contributed by atoms with Gasteiger partial charge in [0.15, 0.2) is 0 Å². The second kappa shape index (κ2) is 5.97. The summed E-state index contributed by atoms with van der Waals surface area (Å²) in [5.41, 5.74) is 7.46. The Morgan fingerprint density at radius 1 is 1.18 bits per heavy atom. The minimum absolute atomic E-state index is 0.0388. The van der Waals surface area contributed by atoms with E-state index in [0.717, 1.165) is 19.2 Å². The fourth-order valence-electron chi connectivity index (χ4n) is 1.56. The first-order chi connectivity index (χ1) is 8.06. The summed E-state index contributed by atoms with van der Waals surface area (Å²) in [5, 5.41) is 0. The van der Waals surface area contributed by atoms with Gasteiger partial charge in [0.1, 0.15) is 0 Å². The molecule has 0 amide bonds. The van der Waals surface area contributed by atoms with Crippen molar-refractivity contribution in [3.05, 3.63) is 53.5 Å². The lowest BCUT2D eigenvalue weighted by atomic mass is 10.1. The molecule has 0 aliphatic heterocycles. The number of thiophene rings is 1. The van der Waals surface area contributed by atoms with Crippen LogP contribution in [0.4, 0.5) is 0 Å². The van der Waals surface area contributed by atoms with Crippen molar-refractivity contribution in [2.45, 2.75) is 12.5 Å². The lowest BCUT2D eigenvalue weighted by Crippen LogP contribution is -2.11. The molecule has 1 atom stereocenters. The Balaban J connectivity index is 2.14. The molecule has 0 aliphatic carbocycles. The normalized spacial score (nSPS) is 12.7. The van der Waals surface area contributed by atoms with Crippen molar-refractivity contribution in [2.24, 2.45) is 5.73 Å². The van der Waals surface area contributed by atoms with Gasteiger partial charge in [-0.3, -0.25) is 0 Å². The molecule has 90 valence electrons. The van der Waals surface area contributed by atoms with E-state index in [1.807, 2.05) is 12.1 Å². The van der Waals surface area contributed by atoms with Crippen LogP contribution in [-0.2, 0) is 6.42 Å². The molecule has 1 aromatic heterocycles. The molecular formula is C12H10Br3NS. The Morgan fingerprint density at radius 2 is 1.94 bits per heavy atom. The van der Waals surface area contributed by atoms with E-state index < -0.39 is 0 Å². The Bertz CT molecular complexity index is 505. The first-order valence-corrected chi connectivity index (χ1v) is 8.20. The Kier molecular flexibility index (Phi) is 4.83. The second-order valence-corrected chi connectivity index (χ2v) is 7.88. The van der Waals surface area contributed by atoms with Crippen molar-refractivity contribution in [3.8, 4) is 0 Å². The van der Waals surface area contributed by atoms with E-state index in [0.29, 0.717) is 0 Å². The smallest absolute Gasteiger partial charge is 0.0843 e. The van der Waals surface area contributed by atoms with Crippen LogP contribution in [0.2, 0.25) is 0 Å². The first kappa shape index (κ1) is 13.7. The number of hydrogen-bond donors (Lipinski definition) is 1. The van der Waals surface area contributed by atoms with Gasteiger partial charge in [0.05, 0.1) is 3.79 Å². The third kappa shape index (κ3) is 3.64. The monoisotopic (exact) mass is 437 g/mol. The largest absolute Gasteiger partial charge is 0.323 e. The van der Waals surface area contributed by atoms with Crippen molar-refractivity contribution in [3.63, 3.8) is 0 Å². The SMILES string of the molecule is NC(Cc1cccc(Br)c1)c1cc(Br)c(Br)s1. The average Bonchev–Trinajstić information content (AvgIpc) is 2.59. The van der Waals surface area contributed by atoms with Crippen molar-refractivity contribution in [1.29, 1.82) is 0 Å². The highest BCUT2D eigenvalue weighted by Gasteiger charge is 2.12. The summed E-state index contributed by atoms with van der Waals surface area (Å²) in [6, 6.07) is 10.4. The van der Waals surface area contributed by atoms with Crippen LogP contribution in [0.5, 0.6) is 0 Å². The van der Waals surface area contributed by atoms with Crippen LogP contribution in [0, 0.1) is 0 Å². The molecule has 0 aliphatic rings. The van der Waals surface area contributed by atoms with Gasteiger partial charge in [-0.1, -0.05) is 28.1 Å². The molecule has 0 saturated carbocycles. The van der Waals surface area contributed by atoms with Gasteiger partial charge >= 0.3 is 0 Å². The lowest BCUT2D eigenvalue weighted by Gasteiger charge is -2.09. The molecule has 2 N–H and O–H groups in total. The van der Waals surface area contributed by atoms with E-state index in [1.165, 1.54) is 10.4 Å². The van der Waals surface area contributed by atoms with E-state index in [-0.39, 0.29) is 6.04 Å². The number of nitrogens with two attached hydrogens (primary N) is 1. The number of benzene rings is 1. The van der Waals surface area contributed by atoms with Gasteiger partial charge < -0.3 is 5.73 Å². The van der Waals surface area contributed by atoms with Crippen LogP contribution < -0.4 is 5.73 Å². The molecule has 2 rings (SSSR count). The third-order valence-electron chi connectivity index (χ3n) is 2.37. The molecule has 0 spiro atoms. The molecule has 17 heavy (non-hydrogen) atoms. The summed E-state index contributed by atoms with van der Waals surface area (Å²) in [5.74, 6) is 0. The molecular weight excluding hydrogens is 430 g/mol. The maximum atomic E-state index is 6.21. The Hall–Kier alpha value is 0.320. The summed E-state index contributed by atoms with van der Waals surface area (Å²) < 4.78 is 3.26.